The number of sulfonamides is 1. The molecule has 2 aromatic rings. The van der Waals surface area contributed by atoms with E-state index < -0.39 is 22.0 Å². The minimum Gasteiger partial charge on any atom is -0.478 e. The number of piperidine rings is 1. The van der Waals surface area contributed by atoms with Crippen LogP contribution in [0.15, 0.2) is 41.3 Å². The highest BCUT2D eigenvalue weighted by Gasteiger charge is 2.35. The van der Waals surface area contributed by atoms with Gasteiger partial charge < -0.3 is 15.4 Å². The molecule has 34 heavy (non-hydrogen) atoms. The average molecular weight is 486 g/mol. The van der Waals surface area contributed by atoms with Gasteiger partial charge in [0.15, 0.2) is 6.10 Å². The Kier molecular flexibility index (Phi) is 6.95. The van der Waals surface area contributed by atoms with Crippen LogP contribution in [0.5, 0.6) is 5.75 Å². The SMILES string of the molecule is CC[C@@H]1Oc2cc(S(=O)(=O)N3CCC[C@H](C(=O)NCc4ccccc4C)C3)c(C)cc2NC1=O. The maximum Gasteiger partial charge on any atom is 0.265 e. The van der Waals surface area contributed by atoms with Gasteiger partial charge in [-0.2, -0.15) is 4.31 Å². The van der Waals surface area contributed by atoms with Gasteiger partial charge >= 0.3 is 0 Å². The normalized spacial score (nSPS) is 20.7. The zero-order chi connectivity index (χ0) is 24.5. The third-order valence-corrected chi connectivity index (χ3v) is 8.56. The van der Waals surface area contributed by atoms with Gasteiger partial charge in [0.25, 0.3) is 5.91 Å². The number of amides is 2. The smallest absolute Gasteiger partial charge is 0.265 e. The molecule has 0 spiro atoms. The molecule has 0 radical (unpaired) electrons. The van der Waals surface area contributed by atoms with E-state index in [9.17, 15) is 18.0 Å². The van der Waals surface area contributed by atoms with E-state index in [1.54, 1.807) is 13.0 Å². The molecular weight excluding hydrogens is 454 g/mol. The first-order valence-corrected chi connectivity index (χ1v) is 13.1. The highest BCUT2D eigenvalue weighted by molar-refractivity contribution is 7.89. The van der Waals surface area contributed by atoms with E-state index in [0.717, 1.165) is 11.1 Å². The Morgan fingerprint density at radius 1 is 1.21 bits per heavy atom. The lowest BCUT2D eigenvalue weighted by atomic mass is 9.98. The van der Waals surface area contributed by atoms with Crippen molar-refractivity contribution in [2.75, 3.05) is 18.4 Å². The van der Waals surface area contributed by atoms with E-state index in [1.165, 1.54) is 10.4 Å². The fraction of sp³-hybridized carbons (Fsp3) is 0.440. The van der Waals surface area contributed by atoms with E-state index in [1.807, 2.05) is 38.1 Å². The molecule has 2 aliphatic rings. The molecule has 2 aliphatic heterocycles. The fourth-order valence-electron chi connectivity index (χ4n) is 4.48. The van der Waals surface area contributed by atoms with E-state index in [2.05, 4.69) is 10.6 Å². The Labute approximate surface area is 200 Å². The van der Waals surface area contributed by atoms with E-state index in [4.69, 9.17) is 4.74 Å². The van der Waals surface area contributed by atoms with Crippen molar-refractivity contribution in [3.63, 3.8) is 0 Å². The van der Waals surface area contributed by atoms with Gasteiger partial charge in [0.1, 0.15) is 5.75 Å². The topological polar surface area (TPSA) is 105 Å². The second-order valence-corrected chi connectivity index (χ2v) is 10.9. The summed E-state index contributed by atoms with van der Waals surface area (Å²) < 4.78 is 34.3. The van der Waals surface area contributed by atoms with Crippen LogP contribution in [0.3, 0.4) is 0 Å². The van der Waals surface area contributed by atoms with Crippen molar-refractivity contribution in [1.82, 2.24) is 9.62 Å². The number of nitrogens with one attached hydrogen (secondary N) is 2. The summed E-state index contributed by atoms with van der Waals surface area (Å²) >= 11 is 0. The number of fused-ring (bicyclic) bond motifs is 1. The number of anilines is 1. The van der Waals surface area contributed by atoms with Gasteiger partial charge in [-0.15, -0.1) is 0 Å². The van der Waals surface area contributed by atoms with Crippen LogP contribution in [0, 0.1) is 19.8 Å². The van der Waals surface area contributed by atoms with Gasteiger partial charge in [-0.05, 0) is 55.9 Å². The van der Waals surface area contributed by atoms with E-state index in [0.29, 0.717) is 49.4 Å². The predicted molar refractivity (Wildman–Crippen MR) is 129 cm³/mol. The van der Waals surface area contributed by atoms with Crippen molar-refractivity contribution < 1.29 is 22.7 Å². The summed E-state index contributed by atoms with van der Waals surface area (Å²) in [6.45, 7) is 6.43. The summed E-state index contributed by atoms with van der Waals surface area (Å²) in [4.78, 5) is 25.1. The van der Waals surface area contributed by atoms with Crippen LogP contribution >= 0.6 is 0 Å². The molecule has 0 bridgehead atoms. The van der Waals surface area contributed by atoms with Crippen LogP contribution in [-0.4, -0.2) is 43.7 Å². The Balaban J connectivity index is 1.50. The molecule has 9 heteroatoms. The number of carbonyl (C=O) groups is 2. The van der Waals surface area contributed by atoms with Crippen LogP contribution in [0.2, 0.25) is 0 Å². The minimum absolute atomic E-state index is 0.133. The Bertz CT molecular complexity index is 1210. The van der Waals surface area contributed by atoms with Crippen LogP contribution < -0.4 is 15.4 Å². The van der Waals surface area contributed by atoms with Crippen LogP contribution in [0.4, 0.5) is 5.69 Å². The minimum atomic E-state index is -3.84. The van der Waals surface area contributed by atoms with Crippen LogP contribution in [0.1, 0.15) is 42.9 Å². The highest BCUT2D eigenvalue weighted by Crippen LogP contribution is 2.36. The molecule has 0 aliphatic carbocycles. The molecule has 2 aromatic carbocycles. The van der Waals surface area contributed by atoms with E-state index in [-0.39, 0.29) is 23.3 Å². The van der Waals surface area contributed by atoms with Gasteiger partial charge in [-0.3, -0.25) is 9.59 Å². The Morgan fingerprint density at radius 2 is 1.97 bits per heavy atom. The van der Waals surface area contributed by atoms with E-state index >= 15 is 0 Å². The fourth-order valence-corrected chi connectivity index (χ4v) is 6.23. The quantitative estimate of drug-likeness (QED) is 0.654. The lowest BCUT2D eigenvalue weighted by Gasteiger charge is -2.32. The highest BCUT2D eigenvalue weighted by atomic mass is 32.2. The summed E-state index contributed by atoms with van der Waals surface area (Å²) in [5, 5.41) is 5.76. The van der Waals surface area contributed by atoms with Crippen molar-refractivity contribution >= 4 is 27.5 Å². The second kappa shape index (κ2) is 9.76. The van der Waals surface area contributed by atoms with Gasteiger partial charge in [0, 0.05) is 25.7 Å². The van der Waals surface area contributed by atoms with Crippen molar-refractivity contribution in [2.24, 2.45) is 5.92 Å². The number of hydrogen-bond acceptors (Lipinski definition) is 5. The Hall–Kier alpha value is -2.91. The molecular formula is C25H31N3O5S. The molecule has 2 N–H and O–H groups in total. The van der Waals surface area contributed by atoms with Crippen molar-refractivity contribution in [3.8, 4) is 5.75 Å². The summed E-state index contributed by atoms with van der Waals surface area (Å²) in [6.07, 6.45) is 1.08. The summed E-state index contributed by atoms with van der Waals surface area (Å²) in [5.41, 5.74) is 3.13. The largest absolute Gasteiger partial charge is 0.478 e. The summed E-state index contributed by atoms with van der Waals surface area (Å²) in [5.74, 6) is -0.437. The van der Waals surface area contributed by atoms with Crippen LogP contribution in [0.25, 0.3) is 0 Å². The lowest BCUT2D eigenvalue weighted by molar-refractivity contribution is -0.126. The molecule has 2 heterocycles. The number of nitrogens with zero attached hydrogens (tertiary/aromatic N) is 1. The first-order valence-electron chi connectivity index (χ1n) is 11.6. The van der Waals surface area contributed by atoms with Gasteiger partial charge in [-0.1, -0.05) is 31.2 Å². The maximum absolute atomic E-state index is 13.6. The summed E-state index contributed by atoms with van der Waals surface area (Å²) in [6, 6.07) is 11.0. The molecule has 2 amide bonds. The number of benzene rings is 2. The second-order valence-electron chi connectivity index (χ2n) is 8.96. The zero-order valence-corrected chi connectivity index (χ0v) is 20.6. The monoisotopic (exact) mass is 485 g/mol. The lowest BCUT2D eigenvalue weighted by Crippen LogP contribution is -2.45. The molecule has 0 saturated carbocycles. The molecule has 1 saturated heterocycles. The molecule has 1 fully saturated rings. The molecule has 0 unspecified atom stereocenters. The molecule has 0 aromatic heterocycles. The maximum atomic E-state index is 13.6. The number of aryl methyl sites for hydroxylation is 2. The zero-order valence-electron chi connectivity index (χ0n) is 19.8. The number of hydrogen-bond donors (Lipinski definition) is 2. The first-order chi connectivity index (χ1) is 16.2. The average Bonchev–Trinajstić information content (AvgIpc) is 2.82. The number of ether oxygens (including phenoxy) is 1. The molecule has 2 atom stereocenters. The number of carbonyl (C=O) groups excluding carboxylic acids is 2. The standard InChI is InChI=1S/C25H31N3O5S/c1-4-21-25(30)27-20-12-17(3)23(13-22(20)33-21)34(31,32)28-11-7-10-19(15-28)24(29)26-14-18-9-6-5-8-16(18)2/h5-6,8-9,12-13,19,21H,4,7,10-11,14-15H2,1-3H3,(H,26,29)(H,27,30)/t19-,21-/m0/s1. The molecule has 8 nitrogen and oxygen atoms in total. The third-order valence-electron chi connectivity index (χ3n) is 6.55. The summed E-state index contributed by atoms with van der Waals surface area (Å²) in [7, 11) is -3.84. The van der Waals surface area contributed by atoms with Crippen molar-refractivity contribution in [3.05, 3.63) is 53.1 Å². The first kappa shape index (κ1) is 24.2. The Morgan fingerprint density at radius 3 is 2.71 bits per heavy atom. The molecule has 4 rings (SSSR count). The van der Waals surface area contributed by atoms with Crippen molar-refractivity contribution in [1.29, 1.82) is 0 Å². The van der Waals surface area contributed by atoms with Gasteiger partial charge in [-0.25, -0.2) is 8.42 Å². The van der Waals surface area contributed by atoms with Gasteiger partial charge in [0.2, 0.25) is 15.9 Å². The third kappa shape index (κ3) is 4.81. The van der Waals surface area contributed by atoms with Crippen molar-refractivity contribution in [2.45, 2.75) is 57.6 Å². The predicted octanol–water partition coefficient (Wildman–Crippen LogP) is 3.13. The van der Waals surface area contributed by atoms with Gasteiger partial charge in [0.05, 0.1) is 16.5 Å². The number of rotatable bonds is 6. The van der Waals surface area contributed by atoms with Crippen LogP contribution in [-0.2, 0) is 26.2 Å². The molecule has 182 valence electrons.